The van der Waals surface area contributed by atoms with Gasteiger partial charge in [0.2, 0.25) is 0 Å². The SMILES string of the molecule is CCCCN(C(C)CC)C(CN)c1cnn(CCC)c1. The fourth-order valence-corrected chi connectivity index (χ4v) is 2.62. The Labute approximate surface area is 124 Å². The second-order valence-electron chi connectivity index (χ2n) is 5.64. The molecule has 0 radical (unpaired) electrons. The normalized spacial score (nSPS) is 14.7. The Morgan fingerprint density at radius 3 is 2.60 bits per heavy atom. The van der Waals surface area contributed by atoms with Crippen LogP contribution in [0.2, 0.25) is 0 Å². The summed E-state index contributed by atoms with van der Waals surface area (Å²) in [5, 5.41) is 4.46. The molecule has 2 N–H and O–H groups in total. The maximum Gasteiger partial charge on any atom is 0.0538 e. The van der Waals surface area contributed by atoms with Gasteiger partial charge in [-0.3, -0.25) is 9.58 Å². The summed E-state index contributed by atoms with van der Waals surface area (Å²) in [6, 6.07) is 0.853. The number of hydrogen-bond acceptors (Lipinski definition) is 3. The third-order valence-corrected chi connectivity index (χ3v) is 4.04. The first-order chi connectivity index (χ1) is 9.67. The van der Waals surface area contributed by atoms with E-state index < -0.39 is 0 Å². The van der Waals surface area contributed by atoms with Crippen molar-refractivity contribution in [3.8, 4) is 0 Å². The van der Waals surface area contributed by atoms with Crippen LogP contribution in [0.4, 0.5) is 0 Å². The van der Waals surface area contributed by atoms with Crippen molar-refractivity contribution in [2.24, 2.45) is 5.73 Å². The van der Waals surface area contributed by atoms with E-state index in [1.807, 2.05) is 10.9 Å². The first-order valence-corrected chi connectivity index (χ1v) is 8.15. The number of nitrogens with zero attached hydrogens (tertiary/aromatic N) is 3. The first-order valence-electron chi connectivity index (χ1n) is 8.15. The third kappa shape index (κ3) is 4.60. The minimum absolute atomic E-state index is 0.294. The van der Waals surface area contributed by atoms with Gasteiger partial charge in [-0.2, -0.15) is 5.10 Å². The molecule has 116 valence electrons. The summed E-state index contributed by atoms with van der Waals surface area (Å²) in [7, 11) is 0. The van der Waals surface area contributed by atoms with Gasteiger partial charge in [0.05, 0.1) is 12.2 Å². The Balaban J connectivity index is 2.86. The number of rotatable bonds is 10. The summed E-state index contributed by atoms with van der Waals surface area (Å²) in [4.78, 5) is 2.55. The summed E-state index contributed by atoms with van der Waals surface area (Å²) in [6.45, 7) is 11.7. The lowest BCUT2D eigenvalue weighted by molar-refractivity contribution is 0.141. The zero-order valence-corrected chi connectivity index (χ0v) is 13.7. The van der Waals surface area contributed by atoms with Gasteiger partial charge in [-0.25, -0.2) is 0 Å². The molecule has 0 aromatic carbocycles. The minimum Gasteiger partial charge on any atom is -0.329 e. The number of aryl methyl sites for hydroxylation is 1. The van der Waals surface area contributed by atoms with Gasteiger partial charge in [-0.1, -0.05) is 27.2 Å². The van der Waals surface area contributed by atoms with Crippen LogP contribution in [-0.2, 0) is 6.54 Å². The highest BCUT2D eigenvalue weighted by atomic mass is 15.3. The zero-order valence-electron chi connectivity index (χ0n) is 13.7. The van der Waals surface area contributed by atoms with Crippen molar-refractivity contribution < 1.29 is 0 Å². The lowest BCUT2D eigenvalue weighted by Gasteiger charge is -2.35. The van der Waals surface area contributed by atoms with E-state index in [1.165, 1.54) is 18.4 Å². The van der Waals surface area contributed by atoms with Gasteiger partial charge in [0.15, 0.2) is 0 Å². The standard InChI is InChI=1S/C16H32N4/c1-5-8-10-20(14(4)7-3)16(11-17)15-12-18-19(13-15)9-6-2/h12-14,16H,5-11,17H2,1-4H3. The average molecular weight is 280 g/mol. The van der Waals surface area contributed by atoms with Crippen molar-refractivity contribution in [1.82, 2.24) is 14.7 Å². The van der Waals surface area contributed by atoms with E-state index >= 15 is 0 Å². The lowest BCUT2D eigenvalue weighted by atomic mass is 10.1. The van der Waals surface area contributed by atoms with Crippen LogP contribution in [0, 0.1) is 0 Å². The molecule has 0 fully saturated rings. The predicted octanol–water partition coefficient (Wildman–Crippen LogP) is 3.19. The molecule has 0 aliphatic rings. The monoisotopic (exact) mass is 280 g/mol. The van der Waals surface area contributed by atoms with Crippen molar-refractivity contribution in [1.29, 1.82) is 0 Å². The number of nitrogens with two attached hydrogens (primary N) is 1. The molecule has 0 saturated carbocycles. The fraction of sp³-hybridized carbons (Fsp3) is 0.812. The van der Waals surface area contributed by atoms with Gasteiger partial charge < -0.3 is 5.73 Å². The highest BCUT2D eigenvalue weighted by molar-refractivity contribution is 5.12. The average Bonchev–Trinajstić information content (AvgIpc) is 2.91. The first kappa shape index (κ1) is 17.2. The van der Waals surface area contributed by atoms with Gasteiger partial charge in [0.1, 0.15) is 0 Å². The summed E-state index contributed by atoms with van der Waals surface area (Å²) in [5.41, 5.74) is 7.34. The molecule has 0 amide bonds. The van der Waals surface area contributed by atoms with Crippen LogP contribution >= 0.6 is 0 Å². The Bertz CT molecular complexity index is 361. The molecular weight excluding hydrogens is 248 g/mol. The maximum atomic E-state index is 6.07. The molecule has 4 nitrogen and oxygen atoms in total. The molecule has 4 heteroatoms. The van der Waals surface area contributed by atoms with E-state index in [0.29, 0.717) is 18.6 Å². The molecule has 1 aromatic heterocycles. The van der Waals surface area contributed by atoms with E-state index in [1.54, 1.807) is 0 Å². The smallest absolute Gasteiger partial charge is 0.0538 e. The van der Waals surface area contributed by atoms with Crippen molar-refractivity contribution in [2.75, 3.05) is 13.1 Å². The quantitative estimate of drug-likeness (QED) is 0.716. The second kappa shape index (κ2) is 9.14. The van der Waals surface area contributed by atoms with Gasteiger partial charge >= 0.3 is 0 Å². The van der Waals surface area contributed by atoms with E-state index in [2.05, 4.69) is 43.9 Å². The van der Waals surface area contributed by atoms with E-state index in [0.717, 1.165) is 25.9 Å². The number of unbranched alkanes of at least 4 members (excludes halogenated alkanes) is 1. The fourth-order valence-electron chi connectivity index (χ4n) is 2.62. The molecule has 1 rings (SSSR count). The molecule has 20 heavy (non-hydrogen) atoms. The van der Waals surface area contributed by atoms with Crippen LogP contribution in [0.15, 0.2) is 12.4 Å². The molecule has 0 aliphatic heterocycles. The van der Waals surface area contributed by atoms with Gasteiger partial charge in [0.25, 0.3) is 0 Å². The Morgan fingerprint density at radius 1 is 1.30 bits per heavy atom. The summed E-state index contributed by atoms with van der Waals surface area (Å²) in [6.07, 6.45) is 8.88. The molecule has 2 unspecified atom stereocenters. The Morgan fingerprint density at radius 2 is 2.05 bits per heavy atom. The van der Waals surface area contributed by atoms with Crippen LogP contribution in [-0.4, -0.2) is 33.8 Å². The Hall–Kier alpha value is -0.870. The predicted molar refractivity (Wildman–Crippen MR) is 85.7 cm³/mol. The molecule has 1 aromatic rings. The van der Waals surface area contributed by atoms with Crippen molar-refractivity contribution in [3.05, 3.63) is 18.0 Å². The van der Waals surface area contributed by atoms with E-state index in [9.17, 15) is 0 Å². The maximum absolute atomic E-state index is 6.07. The van der Waals surface area contributed by atoms with E-state index in [-0.39, 0.29) is 0 Å². The minimum atomic E-state index is 0.294. The van der Waals surface area contributed by atoms with E-state index in [4.69, 9.17) is 5.73 Å². The molecule has 0 aliphatic carbocycles. The topological polar surface area (TPSA) is 47.1 Å². The largest absolute Gasteiger partial charge is 0.329 e. The summed E-state index contributed by atoms with van der Waals surface area (Å²) >= 11 is 0. The number of hydrogen-bond donors (Lipinski definition) is 1. The molecule has 2 atom stereocenters. The molecule has 0 spiro atoms. The van der Waals surface area contributed by atoms with Crippen LogP contribution in [0.3, 0.4) is 0 Å². The summed E-state index contributed by atoms with van der Waals surface area (Å²) in [5.74, 6) is 0. The molecule has 0 saturated heterocycles. The van der Waals surface area contributed by atoms with Crippen LogP contribution < -0.4 is 5.73 Å². The summed E-state index contributed by atoms with van der Waals surface area (Å²) < 4.78 is 2.03. The van der Waals surface area contributed by atoms with Crippen LogP contribution in [0.1, 0.15) is 65.0 Å². The molecular formula is C16H32N4. The third-order valence-electron chi connectivity index (χ3n) is 4.04. The van der Waals surface area contributed by atoms with Crippen molar-refractivity contribution in [3.63, 3.8) is 0 Å². The number of aromatic nitrogens is 2. The highest BCUT2D eigenvalue weighted by Gasteiger charge is 2.23. The molecule has 0 bridgehead atoms. The zero-order chi connectivity index (χ0) is 15.0. The lowest BCUT2D eigenvalue weighted by Crippen LogP contribution is -2.40. The highest BCUT2D eigenvalue weighted by Crippen LogP contribution is 2.23. The molecule has 1 heterocycles. The second-order valence-corrected chi connectivity index (χ2v) is 5.64. The van der Waals surface area contributed by atoms with Gasteiger partial charge in [-0.05, 0) is 32.7 Å². The van der Waals surface area contributed by atoms with Gasteiger partial charge in [-0.15, -0.1) is 0 Å². The van der Waals surface area contributed by atoms with Crippen molar-refractivity contribution >= 4 is 0 Å². The van der Waals surface area contributed by atoms with Crippen LogP contribution in [0.5, 0.6) is 0 Å². The Kier molecular flexibility index (Phi) is 7.85. The van der Waals surface area contributed by atoms with Crippen molar-refractivity contribution in [2.45, 2.75) is 72.0 Å². The van der Waals surface area contributed by atoms with Gasteiger partial charge in [0, 0.05) is 30.9 Å². The van der Waals surface area contributed by atoms with Crippen LogP contribution in [0.25, 0.3) is 0 Å².